The SMILES string of the molecule is CC(C)=CCC[C@](C)(O)[C@H](O)CCC(C)=CCC/C(C)=C/Cc1c[nH]c2ccccc12. The molecule has 0 aliphatic heterocycles. The summed E-state index contributed by atoms with van der Waals surface area (Å²) >= 11 is 0. The van der Waals surface area contributed by atoms with Crippen LogP contribution in [-0.4, -0.2) is 26.9 Å². The number of fused-ring (bicyclic) bond motifs is 1. The molecular formula is C28H41NO2. The largest absolute Gasteiger partial charge is 0.390 e. The lowest BCUT2D eigenvalue weighted by atomic mass is 9.89. The lowest BCUT2D eigenvalue weighted by Crippen LogP contribution is -2.39. The number of hydrogen-bond acceptors (Lipinski definition) is 2. The third-order valence-corrected chi connectivity index (χ3v) is 6.11. The quantitative estimate of drug-likeness (QED) is 0.321. The molecule has 0 saturated heterocycles. The molecule has 2 rings (SSSR count). The summed E-state index contributed by atoms with van der Waals surface area (Å²) < 4.78 is 0. The molecule has 0 amide bonds. The average Bonchev–Trinajstić information content (AvgIpc) is 3.13. The molecule has 1 heterocycles. The van der Waals surface area contributed by atoms with Crippen LogP contribution in [0.4, 0.5) is 0 Å². The molecule has 3 heteroatoms. The lowest BCUT2D eigenvalue weighted by molar-refractivity contribution is -0.0691. The van der Waals surface area contributed by atoms with Crippen LogP contribution in [0.25, 0.3) is 10.9 Å². The van der Waals surface area contributed by atoms with Crippen LogP contribution in [0.15, 0.2) is 65.4 Å². The molecule has 1 aromatic carbocycles. The molecule has 1 aromatic heterocycles. The van der Waals surface area contributed by atoms with Crippen LogP contribution in [-0.2, 0) is 6.42 Å². The second-order valence-corrected chi connectivity index (χ2v) is 9.44. The topological polar surface area (TPSA) is 56.2 Å². The molecule has 2 aromatic rings. The van der Waals surface area contributed by atoms with E-state index in [1.165, 1.54) is 33.2 Å². The van der Waals surface area contributed by atoms with Gasteiger partial charge in [0.25, 0.3) is 0 Å². The zero-order valence-corrected chi connectivity index (χ0v) is 20.0. The number of para-hydroxylation sites is 1. The molecule has 170 valence electrons. The van der Waals surface area contributed by atoms with Crippen molar-refractivity contribution < 1.29 is 10.2 Å². The number of benzene rings is 1. The van der Waals surface area contributed by atoms with E-state index in [0.717, 1.165) is 32.1 Å². The number of aromatic amines is 1. The van der Waals surface area contributed by atoms with Crippen molar-refractivity contribution in [3.05, 3.63) is 71.0 Å². The van der Waals surface area contributed by atoms with Gasteiger partial charge in [-0.3, -0.25) is 0 Å². The Kier molecular flexibility index (Phi) is 9.80. The minimum Gasteiger partial charge on any atom is -0.390 e. The zero-order chi connectivity index (χ0) is 22.9. The highest BCUT2D eigenvalue weighted by Crippen LogP contribution is 2.23. The van der Waals surface area contributed by atoms with Crippen LogP contribution in [0.5, 0.6) is 0 Å². The van der Waals surface area contributed by atoms with Crippen LogP contribution < -0.4 is 0 Å². The van der Waals surface area contributed by atoms with Gasteiger partial charge in [0.15, 0.2) is 0 Å². The first-order valence-electron chi connectivity index (χ1n) is 11.6. The predicted octanol–water partition coefficient (Wildman–Crippen LogP) is 7.02. The summed E-state index contributed by atoms with van der Waals surface area (Å²) in [4.78, 5) is 3.34. The van der Waals surface area contributed by atoms with E-state index >= 15 is 0 Å². The van der Waals surface area contributed by atoms with Crippen molar-refractivity contribution in [1.82, 2.24) is 4.98 Å². The second-order valence-electron chi connectivity index (χ2n) is 9.44. The summed E-state index contributed by atoms with van der Waals surface area (Å²) in [6.45, 7) is 10.2. The Bertz CT molecular complexity index is 910. The molecule has 0 bridgehead atoms. The number of aliphatic hydroxyl groups is 2. The van der Waals surface area contributed by atoms with E-state index < -0.39 is 11.7 Å². The summed E-state index contributed by atoms with van der Waals surface area (Å²) in [6, 6.07) is 8.43. The van der Waals surface area contributed by atoms with Crippen molar-refractivity contribution in [2.45, 2.75) is 91.3 Å². The summed E-state index contributed by atoms with van der Waals surface area (Å²) in [5.74, 6) is 0. The molecule has 2 atom stereocenters. The fraction of sp³-hybridized carbons (Fsp3) is 0.500. The van der Waals surface area contributed by atoms with Crippen molar-refractivity contribution in [1.29, 1.82) is 0 Å². The first kappa shape index (κ1) is 25.2. The normalized spacial score (nSPS) is 15.7. The molecule has 0 aliphatic carbocycles. The number of nitrogens with one attached hydrogen (secondary N) is 1. The molecule has 3 N–H and O–H groups in total. The highest BCUT2D eigenvalue weighted by molar-refractivity contribution is 5.83. The maximum absolute atomic E-state index is 10.6. The summed E-state index contributed by atoms with van der Waals surface area (Å²) in [6.07, 6.45) is 13.9. The van der Waals surface area contributed by atoms with Crippen molar-refractivity contribution in [3.63, 3.8) is 0 Å². The molecule has 31 heavy (non-hydrogen) atoms. The summed E-state index contributed by atoms with van der Waals surface area (Å²) in [7, 11) is 0. The minimum atomic E-state index is -1.03. The highest BCUT2D eigenvalue weighted by Gasteiger charge is 2.28. The van der Waals surface area contributed by atoms with Gasteiger partial charge in [0.2, 0.25) is 0 Å². The second kappa shape index (κ2) is 12.1. The van der Waals surface area contributed by atoms with Gasteiger partial charge in [-0.25, -0.2) is 0 Å². The van der Waals surface area contributed by atoms with E-state index in [2.05, 4.69) is 81.4 Å². The molecular weight excluding hydrogens is 382 g/mol. The number of aliphatic hydroxyl groups excluding tert-OH is 1. The van der Waals surface area contributed by atoms with Gasteiger partial charge in [-0.05, 0) is 91.2 Å². The Morgan fingerprint density at radius 1 is 1.00 bits per heavy atom. The number of hydrogen-bond donors (Lipinski definition) is 3. The Balaban J connectivity index is 1.75. The highest BCUT2D eigenvalue weighted by atomic mass is 16.3. The van der Waals surface area contributed by atoms with Crippen molar-refractivity contribution >= 4 is 10.9 Å². The summed E-state index contributed by atoms with van der Waals surface area (Å²) in [5.41, 5.74) is 5.43. The maximum atomic E-state index is 10.6. The van der Waals surface area contributed by atoms with E-state index in [1.54, 1.807) is 6.92 Å². The van der Waals surface area contributed by atoms with Gasteiger partial charge in [0, 0.05) is 17.1 Å². The zero-order valence-electron chi connectivity index (χ0n) is 20.0. The van der Waals surface area contributed by atoms with E-state index in [4.69, 9.17) is 0 Å². The van der Waals surface area contributed by atoms with Crippen LogP contribution >= 0.6 is 0 Å². The number of H-pyrrole nitrogens is 1. The van der Waals surface area contributed by atoms with Gasteiger partial charge >= 0.3 is 0 Å². The first-order chi connectivity index (χ1) is 14.7. The van der Waals surface area contributed by atoms with Gasteiger partial charge in [-0.2, -0.15) is 0 Å². The fourth-order valence-electron chi connectivity index (χ4n) is 3.83. The van der Waals surface area contributed by atoms with E-state index in [-0.39, 0.29) is 0 Å². The fourth-order valence-corrected chi connectivity index (χ4v) is 3.83. The van der Waals surface area contributed by atoms with Crippen LogP contribution in [0.2, 0.25) is 0 Å². The Morgan fingerprint density at radius 2 is 1.71 bits per heavy atom. The van der Waals surface area contributed by atoms with Crippen molar-refractivity contribution in [3.8, 4) is 0 Å². The van der Waals surface area contributed by atoms with Gasteiger partial charge in [0.05, 0.1) is 11.7 Å². The molecule has 0 saturated carbocycles. The Morgan fingerprint density at radius 3 is 2.45 bits per heavy atom. The third kappa shape index (κ3) is 8.51. The third-order valence-electron chi connectivity index (χ3n) is 6.11. The molecule has 0 radical (unpaired) electrons. The lowest BCUT2D eigenvalue weighted by Gasteiger charge is -2.29. The van der Waals surface area contributed by atoms with Crippen molar-refractivity contribution in [2.24, 2.45) is 0 Å². The molecule has 0 aliphatic rings. The molecule has 0 spiro atoms. The van der Waals surface area contributed by atoms with Gasteiger partial charge in [0.1, 0.15) is 0 Å². The van der Waals surface area contributed by atoms with E-state index in [0.29, 0.717) is 12.8 Å². The number of rotatable bonds is 12. The van der Waals surface area contributed by atoms with Gasteiger partial charge in [-0.15, -0.1) is 0 Å². The first-order valence-corrected chi connectivity index (χ1v) is 11.6. The monoisotopic (exact) mass is 423 g/mol. The van der Waals surface area contributed by atoms with Crippen molar-refractivity contribution in [2.75, 3.05) is 0 Å². The van der Waals surface area contributed by atoms with Crippen LogP contribution in [0.1, 0.15) is 78.7 Å². The average molecular weight is 424 g/mol. The van der Waals surface area contributed by atoms with E-state index in [9.17, 15) is 10.2 Å². The molecule has 3 nitrogen and oxygen atoms in total. The van der Waals surface area contributed by atoms with Gasteiger partial charge in [-0.1, -0.05) is 53.1 Å². The molecule has 0 unspecified atom stereocenters. The molecule has 0 fully saturated rings. The van der Waals surface area contributed by atoms with Crippen LogP contribution in [0.3, 0.4) is 0 Å². The van der Waals surface area contributed by atoms with Gasteiger partial charge < -0.3 is 15.2 Å². The number of allylic oxidation sites excluding steroid dienone is 6. The standard InChI is InChI=1S/C28H41NO2/c1-21(2)10-9-19-28(5,31)27(30)18-16-23(4)12-8-11-22(3)15-17-24-20-29-26-14-7-6-13-25(24)26/h6-7,10,12-15,20,27,29-31H,8-9,11,16-19H2,1-5H3/b22-15+,23-12?/t27-,28+/m1/s1. The predicted molar refractivity (Wildman–Crippen MR) is 133 cm³/mol. The Hall–Kier alpha value is -2.10. The van der Waals surface area contributed by atoms with E-state index in [1.807, 2.05) is 0 Å². The van der Waals surface area contributed by atoms with Crippen LogP contribution in [0, 0.1) is 0 Å². The smallest absolute Gasteiger partial charge is 0.0880 e. The number of aromatic nitrogens is 1. The minimum absolute atomic E-state index is 0.586. The maximum Gasteiger partial charge on any atom is 0.0880 e. The summed E-state index contributed by atoms with van der Waals surface area (Å²) in [5, 5.41) is 22.3. The Labute approximate surface area is 188 Å².